The molecule has 0 aliphatic carbocycles. The molecule has 1 N–H and O–H groups in total. The number of aliphatic hydroxyl groups is 1. The van der Waals surface area contributed by atoms with Gasteiger partial charge in [0.1, 0.15) is 18.0 Å². The van der Waals surface area contributed by atoms with Gasteiger partial charge < -0.3 is 23.9 Å². The Morgan fingerprint density at radius 2 is 2.04 bits per heavy atom. The van der Waals surface area contributed by atoms with Crippen LogP contribution in [-0.2, 0) is 4.74 Å². The topological polar surface area (TPSA) is 65.7 Å². The van der Waals surface area contributed by atoms with E-state index in [2.05, 4.69) is 4.98 Å². The van der Waals surface area contributed by atoms with E-state index in [0.717, 1.165) is 22.6 Å². The first-order chi connectivity index (χ1) is 13.7. The molecule has 28 heavy (non-hydrogen) atoms. The lowest BCUT2D eigenvalue weighted by Gasteiger charge is -2.24. The molecule has 0 amide bonds. The van der Waals surface area contributed by atoms with E-state index >= 15 is 0 Å². The van der Waals surface area contributed by atoms with E-state index in [4.69, 9.17) is 25.8 Å². The highest BCUT2D eigenvalue weighted by atomic mass is 35.5. The van der Waals surface area contributed by atoms with Gasteiger partial charge in [0.05, 0.1) is 19.9 Å². The molecule has 3 aromatic rings. The highest BCUT2D eigenvalue weighted by Crippen LogP contribution is 2.45. The summed E-state index contributed by atoms with van der Waals surface area (Å²) in [7, 11) is 3.21. The molecule has 0 fully saturated rings. The van der Waals surface area contributed by atoms with Gasteiger partial charge in [0.2, 0.25) is 0 Å². The number of fused-ring (bicyclic) bond motifs is 3. The van der Waals surface area contributed by atoms with Crippen molar-refractivity contribution >= 4 is 11.6 Å². The zero-order chi connectivity index (χ0) is 19.7. The molecule has 0 radical (unpaired) electrons. The number of nitrogens with zero attached hydrogens (tertiary/aromatic N) is 2. The number of hydrogen-bond acceptors (Lipinski definition) is 5. The van der Waals surface area contributed by atoms with E-state index in [1.807, 2.05) is 47.2 Å². The quantitative estimate of drug-likeness (QED) is 0.698. The lowest BCUT2D eigenvalue weighted by molar-refractivity contribution is -0.00957. The van der Waals surface area contributed by atoms with Gasteiger partial charge in [-0.25, -0.2) is 4.98 Å². The zero-order valence-electron chi connectivity index (χ0n) is 15.6. The molecule has 0 bridgehead atoms. The van der Waals surface area contributed by atoms with Crippen LogP contribution in [0.4, 0.5) is 0 Å². The summed E-state index contributed by atoms with van der Waals surface area (Å²) in [6.45, 7) is -0.0173. The van der Waals surface area contributed by atoms with Crippen LogP contribution in [0.1, 0.15) is 35.6 Å². The molecule has 1 aliphatic rings. The summed E-state index contributed by atoms with van der Waals surface area (Å²) >= 11 is 6.34. The van der Waals surface area contributed by atoms with Crippen molar-refractivity contribution in [2.24, 2.45) is 0 Å². The first kappa shape index (κ1) is 18.8. The monoisotopic (exact) mass is 400 g/mol. The molecule has 0 saturated heterocycles. The van der Waals surface area contributed by atoms with Crippen LogP contribution in [0, 0.1) is 0 Å². The van der Waals surface area contributed by atoms with Crippen molar-refractivity contribution in [2.75, 3.05) is 20.8 Å². The van der Waals surface area contributed by atoms with Gasteiger partial charge in [-0.3, -0.25) is 0 Å². The number of para-hydroxylation sites is 1. The minimum absolute atomic E-state index is 0.0173. The first-order valence-corrected chi connectivity index (χ1v) is 9.36. The van der Waals surface area contributed by atoms with Crippen molar-refractivity contribution in [1.82, 2.24) is 9.55 Å². The maximum absolute atomic E-state index is 9.59. The third kappa shape index (κ3) is 3.13. The summed E-state index contributed by atoms with van der Waals surface area (Å²) in [6.07, 6.45) is 3.17. The van der Waals surface area contributed by atoms with Crippen molar-refractivity contribution in [1.29, 1.82) is 0 Å². The van der Waals surface area contributed by atoms with E-state index in [0.29, 0.717) is 22.9 Å². The van der Waals surface area contributed by atoms with Crippen molar-refractivity contribution < 1.29 is 19.3 Å². The fraction of sp³-hybridized carbons (Fsp3) is 0.286. The normalized spacial score (nSPS) is 18.1. The molecular formula is C21H21ClN2O4. The van der Waals surface area contributed by atoms with Crippen molar-refractivity contribution in [2.45, 2.75) is 18.6 Å². The smallest absolute Gasteiger partial charge is 0.166 e. The van der Waals surface area contributed by atoms with Gasteiger partial charge in [-0.1, -0.05) is 23.7 Å². The number of hydrogen-bond donors (Lipinski definition) is 1. The van der Waals surface area contributed by atoms with Crippen LogP contribution in [-0.4, -0.2) is 35.5 Å². The van der Waals surface area contributed by atoms with Gasteiger partial charge in [-0.2, -0.15) is 0 Å². The Labute approximate surface area is 168 Å². The number of halogens is 1. The van der Waals surface area contributed by atoms with Crippen LogP contribution in [0.25, 0.3) is 5.69 Å². The SMILES string of the molecule is COc1cccc([C@@H]2O[C@@H](CCO)c3nccn3-c3ccc(Cl)cc32)c1OC. The van der Waals surface area contributed by atoms with Gasteiger partial charge >= 0.3 is 0 Å². The molecule has 0 spiro atoms. The first-order valence-electron chi connectivity index (χ1n) is 8.98. The van der Waals surface area contributed by atoms with E-state index in [1.165, 1.54) is 0 Å². The summed E-state index contributed by atoms with van der Waals surface area (Å²) in [4.78, 5) is 4.48. The van der Waals surface area contributed by atoms with Gasteiger partial charge in [0, 0.05) is 41.6 Å². The predicted octanol–water partition coefficient (Wildman–Crippen LogP) is 4.09. The Kier molecular flexibility index (Phi) is 5.26. The van der Waals surface area contributed by atoms with E-state index in [1.54, 1.807) is 20.4 Å². The van der Waals surface area contributed by atoms with E-state index in [-0.39, 0.29) is 6.61 Å². The standard InChI is InChI=1S/C21H21ClN2O4/c1-26-17-5-3-4-14(20(17)27-2)19-15-12-13(22)6-7-16(15)24-10-9-23-21(24)18(28-19)8-11-25/h3-7,9-10,12,18-19,25H,8,11H2,1-2H3/t18-,19-/m0/s1. The molecule has 0 saturated carbocycles. The van der Waals surface area contributed by atoms with Crippen LogP contribution >= 0.6 is 11.6 Å². The average molecular weight is 401 g/mol. The number of benzene rings is 2. The molecule has 6 nitrogen and oxygen atoms in total. The Morgan fingerprint density at radius 3 is 2.79 bits per heavy atom. The Hall–Kier alpha value is -2.54. The molecular weight excluding hydrogens is 380 g/mol. The van der Waals surface area contributed by atoms with E-state index < -0.39 is 12.2 Å². The fourth-order valence-corrected chi connectivity index (χ4v) is 3.86. The number of imidazole rings is 1. The van der Waals surface area contributed by atoms with Gasteiger partial charge in [0.15, 0.2) is 11.5 Å². The Morgan fingerprint density at radius 1 is 1.18 bits per heavy atom. The molecule has 0 unspecified atom stereocenters. The van der Waals surface area contributed by atoms with Gasteiger partial charge in [0.25, 0.3) is 0 Å². The molecule has 1 aromatic heterocycles. The second-order valence-corrected chi connectivity index (χ2v) is 6.89. The zero-order valence-corrected chi connectivity index (χ0v) is 16.4. The van der Waals surface area contributed by atoms with Crippen molar-refractivity contribution in [3.8, 4) is 17.2 Å². The third-order valence-corrected chi connectivity index (χ3v) is 5.13. The van der Waals surface area contributed by atoms with Crippen LogP contribution < -0.4 is 9.47 Å². The second kappa shape index (κ2) is 7.83. The largest absolute Gasteiger partial charge is 0.493 e. The average Bonchev–Trinajstić information content (AvgIpc) is 3.15. The Bertz CT molecular complexity index is 988. The summed E-state index contributed by atoms with van der Waals surface area (Å²) in [5, 5.41) is 10.2. The predicted molar refractivity (Wildman–Crippen MR) is 105 cm³/mol. The third-order valence-electron chi connectivity index (χ3n) is 4.90. The lowest BCUT2D eigenvalue weighted by atomic mass is 9.98. The van der Waals surface area contributed by atoms with Gasteiger partial charge in [-0.05, 0) is 24.3 Å². The summed E-state index contributed by atoms with van der Waals surface area (Å²) < 4.78 is 19.6. The van der Waals surface area contributed by atoms with E-state index in [9.17, 15) is 5.11 Å². The number of rotatable bonds is 5. The van der Waals surface area contributed by atoms with Crippen molar-refractivity contribution in [3.63, 3.8) is 0 Å². The maximum atomic E-state index is 9.59. The van der Waals surface area contributed by atoms with Crippen LogP contribution in [0.15, 0.2) is 48.8 Å². The maximum Gasteiger partial charge on any atom is 0.166 e. The Balaban J connectivity index is 1.95. The highest BCUT2D eigenvalue weighted by Gasteiger charge is 2.33. The van der Waals surface area contributed by atoms with Crippen molar-refractivity contribution in [3.05, 3.63) is 70.8 Å². The minimum Gasteiger partial charge on any atom is -0.493 e. The molecule has 2 aromatic carbocycles. The summed E-state index contributed by atoms with van der Waals surface area (Å²) in [6, 6.07) is 11.4. The summed E-state index contributed by atoms with van der Waals surface area (Å²) in [5.41, 5.74) is 2.63. The molecule has 2 atom stereocenters. The second-order valence-electron chi connectivity index (χ2n) is 6.46. The number of aromatic nitrogens is 2. The summed E-state index contributed by atoms with van der Waals surface area (Å²) in [5.74, 6) is 1.96. The molecule has 2 heterocycles. The number of ether oxygens (including phenoxy) is 3. The highest BCUT2D eigenvalue weighted by molar-refractivity contribution is 6.30. The van der Waals surface area contributed by atoms with Crippen LogP contribution in [0.3, 0.4) is 0 Å². The van der Waals surface area contributed by atoms with Crippen LogP contribution in [0.2, 0.25) is 5.02 Å². The van der Waals surface area contributed by atoms with Crippen LogP contribution in [0.5, 0.6) is 11.5 Å². The lowest BCUT2D eigenvalue weighted by Crippen LogP contribution is -2.13. The number of methoxy groups -OCH3 is 2. The molecule has 7 heteroatoms. The number of aliphatic hydroxyl groups excluding tert-OH is 1. The van der Waals surface area contributed by atoms with Gasteiger partial charge in [-0.15, -0.1) is 0 Å². The molecule has 1 aliphatic heterocycles. The molecule has 4 rings (SSSR count). The fourth-order valence-electron chi connectivity index (χ4n) is 3.68. The molecule has 146 valence electrons. The minimum atomic E-state index is -0.475.